The molecule has 0 amide bonds. The van der Waals surface area contributed by atoms with Gasteiger partial charge in [-0.15, -0.1) is 0 Å². The molecular weight excluding hydrogens is 569 g/mol. The lowest BCUT2D eigenvalue weighted by molar-refractivity contribution is -0.135. The predicted molar refractivity (Wildman–Crippen MR) is 203 cm³/mol. The Hall–Kier alpha value is -1.36. The first-order valence-corrected chi connectivity index (χ1v) is 19.4. The molecule has 4 fully saturated rings. The van der Waals surface area contributed by atoms with Crippen LogP contribution in [-0.4, -0.2) is 20.4 Å². The molecule has 3 N–H and O–H groups in total. The van der Waals surface area contributed by atoms with Crippen LogP contribution in [0.15, 0.2) is 35.7 Å². The summed E-state index contributed by atoms with van der Waals surface area (Å²) in [7, 11) is 2.11. The zero-order chi connectivity index (χ0) is 34.0. The molecule has 0 bridgehead atoms. The van der Waals surface area contributed by atoms with Crippen LogP contribution in [0.25, 0.3) is 12.2 Å². The molecule has 6 unspecified atom stereocenters. The molecule has 258 valence electrons. The summed E-state index contributed by atoms with van der Waals surface area (Å²) in [5.74, 6) is 6.28. The van der Waals surface area contributed by atoms with Crippen LogP contribution in [-0.2, 0) is 4.79 Å². The highest BCUT2D eigenvalue weighted by atomic mass is 32.2. The van der Waals surface area contributed by atoms with Crippen LogP contribution in [0.4, 0.5) is 0 Å². The molecule has 4 aliphatic carbocycles. The van der Waals surface area contributed by atoms with Crippen molar-refractivity contribution < 1.29 is 4.79 Å². The maximum Gasteiger partial charge on any atom is 0.106 e. The summed E-state index contributed by atoms with van der Waals surface area (Å²) in [5.41, 5.74) is 3.65. The second kappa shape index (κ2) is 21.5. The third-order valence-corrected chi connectivity index (χ3v) is 12.7. The van der Waals surface area contributed by atoms with Crippen molar-refractivity contribution in [3.63, 3.8) is 0 Å². The summed E-state index contributed by atoms with van der Waals surface area (Å²) in [5, 5.41) is 8.84. The van der Waals surface area contributed by atoms with Gasteiger partial charge in [-0.1, -0.05) is 98.6 Å². The monoisotopic (exact) mass is 641 g/mol. The Labute approximate surface area is 284 Å². The summed E-state index contributed by atoms with van der Waals surface area (Å²) >= 11 is 1.26. The predicted octanol–water partition coefficient (Wildman–Crippen LogP) is 11.9. The van der Waals surface area contributed by atoms with Gasteiger partial charge in [0.25, 0.3) is 0 Å². The van der Waals surface area contributed by atoms with E-state index in [0.717, 1.165) is 51.5 Å². The first-order valence-electron chi connectivity index (χ1n) is 18.6. The number of allylic oxidation sites excluding steroid dienone is 1. The van der Waals surface area contributed by atoms with Crippen LogP contribution in [0.1, 0.15) is 144 Å². The van der Waals surface area contributed by atoms with Gasteiger partial charge in [0.2, 0.25) is 0 Å². The van der Waals surface area contributed by atoms with E-state index in [0.29, 0.717) is 10.8 Å². The van der Waals surface area contributed by atoms with Gasteiger partial charge in [-0.2, -0.15) is 0 Å². The Morgan fingerprint density at radius 1 is 0.956 bits per heavy atom. The first kappa shape index (κ1) is 41.7. The molecule has 3 nitrogen and oxygen atoms in total. The minimum atomic E-state index is 0.672. The summed E-state index contributed by atoms with van der Waals surface area (Å²) in [6, 6.07) is 6.08. The number of hydrogen-bond donors (Lipinski definition) is 2. The molecule has 1 aromatic rings. The minimum absolute atomic E-state index is 0.672. The molecular formula is C41H72N2OS. The molecule has 0 saturated heterocycles. The topological polar surface area (TPSA) is 55.1 Å². The van der Waals surface area contributed by atoms with Gasteiger partial charge in [0.05, 0.1) is 0 Å². The lowest BCUT2D eigenvalue weighted by Gasteiger charge is -2.62. The van der Waals surface area contributed by atoms with Gasteiger partial charge < -0.3 is 10.1 Å². The van der Waals surface area contributed by atoms with Gasteiger partial charge in [0, 0.05) is 4.90 Å². The lowest BCUT2D eigenvalue weighted by Crippen LogP contribution is -2.55. The van der Waals surface area contributed by atoms with Crippen LogP contribution < -0.4 is 10.5 Å². The Morgan fingerprint density at radius 3 is 2.24 bits per heavy atom. The van der Waals surface area contributed by atoms with Crippen molar-refractivity contribution in [2.45, 2.75) is 137 Å². The fourth-order valence-corrected chi connectivity index (χ4v) is 10.6. The highest BCUT2D eigenvalue weighted by Crippen LogP contribution is 2.69. The molecule has 8 atom stereocenters. The van der Waals surface area contributed by atoms with Crippen molar-refractivity contribution in [3.8, 4) is 0 Å². The van der Waals surface area contributed by atoms with E-state index in [1.807, 2.05) is 65.7 Å². The lowest BCUT2D eigenvalue weighted by atomic mass is 9.42. The second-order valence-electron chi connectivity index (χ2n) is 13.8. The Balaban J connectivity index is 0.000000451. The van der Waals surface area contributed by atoms with E-state index >= 15 is 0 Å². The molecule has 0 aromatic heterocycles. The number of benzene rings is 1. The van der Waals surface area contributed by atoms with E-state index in [1.54, 1.807) is 38.5 Å². The van der Waals surface area contributed by atoms with Gasteiger partial charge in [0.1, 0.15) is 6.79 Å². The number of hydrogen-bond acceptors (Lipinski definition) is 4. The van der Waals surface area contributed by atoms with Crippen LogP contribution in [0.5, 0.6) is 0 Å². The molecule has 45 heavy (non-hydrogen) atoms. The van der Waals surface area contributed by atoms with E-state index in [4.69, 9.17) is 9.93 Å². The SMILES string of the molecule is C=Cc1ccc(SN)cc1/C=C\C.C=O.CC.CC.CC[C@H]1CC2C3CCC(CCCNC)C3(C)CC[C@@H]2C2(C)CCCCC12. The summed E-state index contributed by atoms with van der Waals surface area (Å²) < 4.78 is 0. The summed E-state index contributed by atoms with van der Waals surface area (Å²) in [6.45, 7) is 24.9. The zero-order valence-corrected chi connectivity index (χ0v) is 31.7. The molecule has 5 rings (SSSR count). The molecule has 4 aliphatic rings. The molecule has 4 saturated carbocycles. The van der Waals surface area contributed by atoms with E-state index in [9.17, 15) is 0 Å². The van der Waals surface area contributed by atoms with Crippen LogP contribution in [0.3, 0.4) is 0 Å². The Kier molecular flexibility index (Phi) is 19.9. The molecule has 4 heteroatoms. The number of fused-ring (bicyclic) bond motifs is 5. The molecule has 0 heterocycles. The number of nitrogens with one attached hydrogen (secondary N) is 1. The van der Waals surface area contributed by atoms with Crippen molar-refractivity contribution in [1.82, 2.24) is 5.32 Å². The largest absolute Gasteiger partial charge is 0.320 e. The first-order chi connectivity index (χ1) is 21.9. The van der Waals surface area contributed by atoms with Crippen LogP contribution in [0.2, 0.25) is 0 Å². The standard InChI is InChI=1S/C25H45N.C11H13NS.2C2H6.CH2O/c1-5-18-17-20-22-12-11-19(9-8-16-26-4)24(22,2)15-13-23(20)25(3)14-7-6-10-21(18)25;1-3-5-10-8-11(13-12)7-6-9(10)4-2;3*1-2/h18-23,26H,5-17H2,1-4H3;3-8H,2,12H2,1H3;2*1-2H3;1H2/b;5-3-;;;/t18-,19?,20?,21?,22?,23-,24?,25?;;;;/m0..../s1. The fourth-order valence-electron chi connectivity index (χ4n) is 10.3. The maximum absolute atomic E-state index is 8.00. The number of rotatable bonds is 8. The third kappa shape index (κ3) is 9.83. The van der Waals surface area contributed by atoms with Gasteiger partial charge >= 0.3 is 0 Å². The normalized spacial score (nSPS) is 32.8. The van der Waals surface area contributed by atoms with Gasteiger partial charge in [0.15, 0.2) is 0 Å². The average molecular weight is 641 g/mol. The van der Waals surface area contributed by atoms with Crippen molar-refractivity contribution in [3.05, 3.63) is 42.0 Å². The van der Waals surface area contributed by atoms with Crippen molar-refractivity contribution in [2.75, 3.05) is 13.6 Å². The minimum Gasteiger partial charge on any atom is -0.320 e. The average Bonchev–Trinajstić information content (AvgIpc) is 3.43. The Bertz CT molecular complexity index is 994. The number of nitrogens with two attached hydrogens (primary N) is 1. The quantitative estimate of drug-likeness (QED) is 0.219. The van der Waals surface area contributed by atoms with Crippen molar-refractivity contribution in [1.29, 1.82) is 0 Å². The Morgan fingerprint density at radius 2 is 1.64 bits per heavy atom. The van der Waals surface area contributed by atoms with Crippen LogP contribution in [0, 0.1) is 46.3 Å². The number of carbonyl (C=O) groups excluding carboxylic acids is 1. The van der Waals surface area contributed by atoms with Crippen molar-refractivity contribution in [2.24, 2.45) is 51.5 Å². The van der Waals surface area contributed by atoms with Gasteiger partial charge in [-0.3, -0.25) is 5.14 Å². The zero-order valence-electron chi connectivity index (χ0n) is 30.9. The van der Waals surface area contributed by atoms with E-state index in [2.05, 4.69) is 51.9 Å². The molecule has 1 aromatic carbocycles. The smallest absolute Gasteiger partial charge is 0.106 e. The highest BCUT2D eigenvalue weighted by Gasteiger charge is 2.60. The fraction of sp³-hybridized carbons (Fsp3) is 0.732. The van der Waals surface area contributed by atoms with Crippen molar-refractivity contribution >= 4 is 30.9 Å². The molecule has 0 aliphatic heterocycles. The third-order valence-electron chi connectivity index (χ3n) is 12.2. The van der Waals surface area contributed by atoms with Gasteiger partial charge in [-0.05, 0) is 160 Å². The van der Waals surface area contributed by atoms with E-state index in [-0.39, 0.29) is 0 Å². The van der Waals surface area contributed by atoms with Gasteiger partial charge in [-0.25, -0.2) is 0 Å². The second-order valence-corrected chi connectivity index (χ2v) is 14.5. The maximum atomic E-state index is 8.00. The number of carbonyl (C=O) groups is 1. The van der Waals surface area contributed by atoms with E-state index in [1.165, 1.54) is 57.0 Å². The summed E-state index contributed by atoms with van der Waals surface area (Å²) in [4.78, 5) is 9.07. The van der Waals surface area contributed by atoms with E-state index < -0.39 is 0 Å². The molecule has 0 radical (unpaired) electrons. The highest BCUT2D eigenvalue weighted by molar-refractivity contribution is 7.97. The van der Waals surface area contributed by atoms with Crippen LogP contribution >= 0.6 is 11.9 Å². The summed E-state index contributed by atoms with van der Waals surface area (Å²) in [6.07, 6.45) is 24.1. The molecule has 0 spiro atoms.